The third kappa shape index (κ3) is 3.32. The van der Waals surface area contributed by atoms with Gasteiger partial charge in [0.05, 0.1) is 5.69 Å². The number of anilines is 1. The molecular formula is C17H19N3O2S. The van der Waals surface area contributed by atoms with E-state index in [1.807, 2.05) is 37.4 Å². The van der Waals surface area contributed by atoms with Crippen LogP contribution >= 0.6 is 11.8 Å². The number of amides is 1. The minimum Gasteiger partial charge on any atom is -0.325 e. The highest BCUT2D eigenvalue weighted by Gasteiger charge is 2.21. The monoisotopic (exact) mass is 329 g/mol. The summed E-state index contributed by atoms with van der Waals surface area (Å²) in [6, 6.07) is 7.58. The first-order valence-electron chi connectivity index (χ1n) is 7.61. The SMILES string of the molecule is CSc1nc2c(c(=O)n1CC(=O)Nc1ccc(C)cc1)CCC2. The first-order chi connectivity index (χ1) is 11.1. The Morgan fingerprint density at radius 1 is 1.30 bits per heavy atom. The predicted octanol–water partition coefficient (Wildman–Crippen LogP) is 2.40. The fraction of sp³-hybridized carbons (Fsp3) is 0.353. The molecule has 1 aromatic carbocycles. The Morgan fingerprint density at radius 2 is 2.04 bits per heavy atom. The molecule has 5 nitrogen and oxygen atoms in total. The van der Waals surface area contributed by atoms with Crippen LogP contribution in [0.4, 0.5) is 5.69 Å². The van der Waals surface area contributed by atoms with Gasteiger partial charge in [0.15, 0.2) is 5.16 Å². The van der Waals surface area contributed by atoms with Crippen molar-refractivity contribution in [2.24, 2.45) is 0 Å². The minimum atomic E-state index is -0.217. The summed E-state index contributed by atoms with van der Waals surface area (Å²) in [6.45, 7) is 1.98. The molecule has 1 aliphatic carbocycles. The van der Waals surface area contributed by atoms with E-state index in [1.54, 1.807) is 0 Å². The van der Waals surface area contributed by atoms with Gasteiger partial charge in [-0.2, -0.15) is 0 Å². The van der Waals surface area contributed by atoms with Gasteiger partial charge < -0.3 is 5.32 Å². The standard InChI is InChI=1S/C17H19N3O2S/c1-11-6-8-12(9-7-11)18-15(21)10-20-16(22)13-4-3-5-14(13)19-17(20)23-2/h6-9H,3-5,10H2,1-2H3,(H,18,21). The van der Waals surface area contributed by atoms with Crippen molar-refractivity contribution in [3.8, 4) is 0 Å². The molecule has 0 bridgehead atoms. The number of aryl methyl sites for hydroxylation is 2. The summed E-state index contributed by atoms with van der Waals surface area (Å²) >= 11 is 1.40. The smallest absolute Gasteiger partial charge is 0.258 e. The summed E-state index contributed by atoms with van der Waals surface area (Å²) in [4.78, 5) is 29.4. The number of aromatic nitrogens is 2. The molecule has 0 aliphatic heterocycles. The topological polar surface area (TPSA) is 64.0 Å². The maximum absolute atomic E-state index is 12.6. The predicted molar refractivity (Wildman–Crippen MR) is 92.1 cm³/mol. The Morgan fingerprint density at radius 3 is 2.74 bits per heavy atom. The zero-order chi connectivity index (χ0) is 16.4. The van der Waals surface area contributed by atoms with Crippen molar-refractivity contribution in [3.63, 3.8) is 0 Å². The van der Waals surface area contributed by atoms with Crippen LogP contribution in [-0.4, -0.2) is 21.7 Å². The number of fused-ring (bicyclic) bond motifs is 1. The van der Waals surface area contributed by atoms with Gasteiger partial charge in [-0.05, 0) is 44.6 Å². The number of benzene rings is 1. The maximum Gasteiger partial charge on any atom is 0.258 e. The minimum absolute atomic E-state index is 0.0108. The van der Waals surface area contributed by atoms with Crippen LogP contribution in [0.15, 0.2) is 34.2 Å². The Kier molecular flexibility index (Phi) is 4.52. The van der Waals surface area contributed by atoms with Gasteiger partial charge in [0.25, 0.3) is 5.56 Å². The number of hydrogen-bond donors (Lipinski definition) is 1. The highest BCUT2D eigenvalue weighted by atomic mass is 32.2. The van der Waals surface area contributed by atoms with Crippen molar-refractivity contribution < 1.29 is 4.79 Å². The highest BCUT2D eigenvalue weighted by molar-refractivity contribution is 7.98. The molecule has 1 aromatic heterocycles. The summed E-state index contributed by atoms with van der Waals surface area (Å²) < 4.78 is 1.48. The van der Waals surface area contributed by atoms with Crippen LogP contribution in [-0.2, 0) is 24.2 Å². The van der Waals surface area contributed by atoms with Crippen molar-refractivity contribution in [2.75, 3.05) is 11.6 Å². The molecule has 0 spiro atoms. The molecule has 1 heterocycles. The lowest BCUT2D eigenvalue weighted by atomic mass is 10.2. The van der Waals surface area contributed by atoms with Crippen molar-refractivity contribution in [3.05, 3.63) is 51.4 Å². The van der Waals surface area contributed by atoms with E-state index in [-0.39, 0.29) is 18.0 Å². The van der Waals surface area contributed by atoms with Gasteiger partial charge in [-0.15, -0.1) is 0 Å². The number of nitrogens with one attached hydrogen (secondary N) is 1. The molecule has 0 radical (unpaired) electrons. The molecule has 0 saturated heterocycles. The lowest BCUT2D eigenvalue weighted by Gasteiger charge is -2.13. The van der Waals surface area contributed by atoms with E-state index in [9.17, 15) is 9.59 Å². The van der Waals surface area contributed by atoms with Gasteiger partial charge in [-0.3, -0.25) is 14.2 Å². The Balaban J connectivity index is 1.83. The number of thioether (sulfide) groups is 1. The zero-order valence-corrected chi connectivity index (χ0v) is 14.1. The summed E-state index contributed by atoms with van der Waals surface area (Å²) in [7, 11) is 0. The van der Waals surface area contributed by atoms with Crippen LogP contribution in [0, 0.1) is 6.92 Å². The number of hydrogen-bond acceptors (Lipinski definition) is 4. The van der Waals surface area contributed by atoms with Crippen LogP contribution in [0.3, 0.4) is 0 Å². The molecular weight excluding hydrogens is 310 g/mol. The summed E-state index contributed by atoms with van der Waals surface area (Å²) in [5, 5.41) is 3.43. The second-order valence-electron chi connectivity index (χ2n) is 5.68. The third-order valence-electron chi connectivity index (χ3n) is 3.97. The molecule has 0 unspecified atom stereocenters. The van der Waals surface area contributed by atoms with Gasteiger partial charge in [-0.1, -0.05) is 29.5 Å². The van der Waals surface area contributed by atoms with Crippen molar-refractivity contribution in [2.45, 2.75) is 37.9 Å². The van der Waals surface area contributed by atoms with E-state index < -0.39 is 0 Å². The second kappa shape index (κ2) is 6.58. The Labute approximate surface area is 139 Å². The van der Waals surface area contributed by atoms with Gasteiger partial charge in [0.1, 0.15) is 6.54 Å². The molecule has 1 N–H and O–H groups in total. The Bertz CT molecular complexity index is 797. The molecule has 1 aliphatic rings. The number of rotatable bonds is 4. The van der Waals surface area contributed by atoms with Crippen molar-refractivity contribution in [1.29, 1.82) is 0 Å². The fourth-order valence-corrected chi connectivity index (χ4v) is 3.35. The number of carbonyl (C=O) groups is 1. The van der Waals surface area contributed by atoms with E-state index >= 15 is 0 Å². The van der Waals surface area contributed by atoms with Crippen LogP contribution in [0.2, 0.25) is 0 Å². The summed E-state index contributed by atoms with van der Waals surface area (Å²) in [6.07, 6.45) is 4.45. The molecule has 0 saturated carbocycles. The molecule has 6 heteroatoms. The normalized spacial score (nSPS) is 13.0. The van der Waals surface area contributed by atoms with Crippen LogP contribution in [0.1, 0.15) is 23.2 Å². The van der Waals surface area contributed by atoms with Crippen molar-refractivity contribution in [1.82, 2.24) is 9.55 Å². The highest BCUT2D eigenvalue weighted by Crippen LogP contribution is 2.20. The molecule has 23 heavy (non-hydrogen) atoms. The van der Waals surface area contributed by atoms with Crippen LogP contribution in [0.5, 0.6) is 0 Å². The van der Waals surface area contributed by atoms with Crippen LogP contribution in [0.25, 0.3) is 0 Å². The largest absolute Gasteiger partial charge is 0.325 e. The van der Waals surface area contributed by atoms with E-state index in [0.29, 0.717) is 5.16 Å². The average molecular weight is 329 g/mol. The summed E-state index contributed by atoms with van der Waals surface area (Å²) in [5.74, 6) is -0.217. The third-order valence-corrected chi connectivity index (χ3v) is 4.65. The van der Waals surface area contributed by atoms with E-state index in [4.69, 9.17) is 0 Å². The van der Waals surface area contributed by atoms with E-state index in [0.717, 1.165) is 41.8 Å². The quantitative estimate of drug-likeness (QED) is 0.691. The van der Waals surface area contributed by atoms with Gasteiger partial charge in [-0.25, -0.2) is 4.98 Å². The number of nitrogens with zero attached hydrogens (tertiary/aromatic N) is 2. The fourth-order valence-electron chi connectivity index (χ4n) is 2.78. The first-order valence-corrected chi connectivity index (χ1v) is 8.84. The van der Waals surface area contributed by atoms with Gasteiger partial charge in [0.2, 0.25) is 5.91 Å². The lowest BCUT2D eigenvalue weighted by Crippen LogP contribution is -2.31. The average Bonchev–Trinajstić information content (AvgIpc) is 3.01. The van der Waals surface area contributed by atoms with E-state index in [1.165, 1.54) is 16.3 Å². The maximum atomic E-state index is 12.6. The molecule has 0 atom stereocenters. The molecule has 2 aromatic rings. The van der Waals surface area contributed by atoms with Gasteiger partial charge in [0, 0.05) is 11.3 Å². The number of carbonyl (C=O) groups excluding carboxylic acids is 1. The molecule has 120 valence electrons. The lowest BCUT2D eigenvalue weighted by molar-refractivity contribution is -0.116. The van der Waals surface area contributed by atoms with E-state index in [2.05, 4.69) is 10.3 Å². The van der Waals surface area contributed by atoms with Gasteiger partial charge >= 0.3 is 0 Å². The molecule has 3 rings (SSSR count). The first kappa shape index (κ1) is 15.8. The second-order valence-corrected chi connectivity index (χ2v) is 6.46. The molecule has 0 fully saturated rings. The van der Waals surface area contributed by atoms with Crippen LogP contribution < -0.4 is 10.9 Å². The Hall–Kier alpha value is -2.08. The zero-order valence-electron chi connectivity index (χ0n) is 13.3. The van der Waals surface area contributed by atoms with Crippen molar-refractivity contribution >= 4 is 23.4 Å². The molecule has 1 amide bonds. The summed E-state index contributed by atoms with van der Waals surface area (Å²) in [5.41, 5.74) is 3.46.